The zero-order valence-electron chi connectivity index (χ0n) is 32.4. The fraction of sp³-hybridized carbons (Fsp3) is 0.167. The second-order valence-electron chi connectivity index (χ2n) is 15.7. The Bertz CT molecular complexity index is 2430. The fourth-order valence-electron chi connectivity index (χ4n) is 9.36. The van der Waals surface area contributed by atoms with Crippen molar-refractivity contribution in [2.24, 2.45) is 5.92 Å². The van der Waals surface area contributed by atoms with E-state index in [1.54, 1.807) is 0 Å². The third-order valence-corrected chi connectivity index (χ3v) is 11.7. The normalized spacial score (nSPS) is 19.0. The van der Waals surface area contributed by atoms with Crippen LogP contribution in [0.25, 0.3) is 34.4 Å². The summed E-state index contributed by atoms with van der Waals surface area (Å²) >= 11 is 0. The van der Waals surface area contributed by atoms with Crippen molar-refractivity contribution < 1.29 is 0 Å². The first-order valence-corrected chi connectivity index (χ1v) is 20.2. The molecule has 2 aliphatic carbocycles. The van der Waals surface area contributed by atoms with Crippen molar-refractivity contribution in [3.8, 4) is 11.1 Å². The smallest absolute Gasteiger partial charge is 0.0462 e. The summed E-state index contributed by atoms with van der Waals surface area (Å²) in [5.74, 6) is 1.00. The lowest BCUT2D eigenvalue weighted by Gasteiger charge is -2.27. The van der Waals surface area contributed by atoms with Crippen molar-refractivity contribution in [1.82, 2.24) is 4.98 Å². The lowest BCUT2D eigenvalue weighted by molar-refractivity contribution is 0.642. The van der Waals surface area contributed by atoms with E-state index in [-0.39, 0.29) is 0 Å². The molecule has 274 valence electrons. The molecule has 1 aromatic heterocycles. The zero-order valence-corrected chi connectivity index (χ0v) is 32.4. The van der Waals surface area contributed by atoms with Crippen LogP contribution in [0.1, 0.15) is 78.8 Å². The van der Waals surface area contributed by atoms with E-state index < -0.39 is 0 Å². The standard InChI is InChI=1S/C54H48N2/c1-38-32-39(2)34-46(33-38)50(44-19-10-5-11-20-44)35-41-36-51(45-28-30-55-31-29-45)54-49-22-13-23-52(49)56(53(54)37-41)47-26-24-40(25-27-47)14-12-21-48(42-15-6-3-7-16-42)43-17-8-4-9-18-43/h3-12,14-21,24-33,35-37,39,49,52H,13,22-23,34H2,1-2H3/b14-12+,50-35-. The van der Waals surface area contributed by atoms with Gasteiger partial charge in [0.2, 0.25) is 0 Å². The molecule has 2 heteroatoms. The van der Waals surface area contributed by atoms with Gasteiger partial charge in [-0.2, -0.15) is 0 Å². The number of aromatic nitrogens is 1. The Hall–Kier alpha value is -6.25. The van der Waals surface area contributed by atoms with E-state index in [1.165, 1.54) is 97.4 Å². The Morgan fingerprint density at radius 1 is 0.696 bits per heavy atom. The third kappa shape index (κ3) is 7.28. The summed E-state index contributed by atoms with van der Waals surface area (Å²) in [6, 6.07) is 51.2. The molecule has 6 aromatic rings. The molecule has 56 heavy (non-hydrogen) atoms. The van der Waals surface area contributed by atoms with Gasteiger partial charge in [0.1, 0.15) is 0 Å². The minimum Gasteiger partial charge on any atom is -0.337 e. The first-order chi connectivity index (χ1) is 27.6. The van der Waals surface area contributed by atoms with Gasteiger partial charge in [0, 0.05) is 35.7 Å². The number of fused-ring (bicyclic) bond motifs is 3. The predicted octanol–water partition coefficient (Wildman–Crippen LogP) is 14.1. The number of anilines is 2. The monoisotopic (exact) mass is 724 g/mol. The molecule has 0 saturated heterocycles. The average molecular weight is 725 g/mol. The van der Waals surface area contributed by atoms with Crippen molar-refractivity contribution in [1.29, 1.82) is 0 Å². The molecule has 0 spiro atoms. The van der Waals surface area contributed by atoms with Crippen LogP contribution in [-0.4, -0.2) is 11.0 Å². The summed E-state index contributed by atoms with van der Waals surface area (Å²) in [4.78, 5) is 7.07. The lowest BCUT2D eigenvalue weighted by Crippen LogP contribution is -2.26. The minimum absolute atomic E-state index is 0.441. The van der Waals surface area contributed by atoms with Gasteiger partial charge < -0.3 is 4.90 Å². The van der Waals surface area contributed by atoms with Gasteiger partial charge in [0.25, 0.3) is 0 Å². The van der Waals surface area contributed by atoms with E-state index in [2.05, 4.69) is 200 Å². The highest BCUT2D eigenvalue weighted by Gasteiger charge is 2.43. The molecule has 3 atom stereocenters. The van der Waals surface area contributed by atoms with E-state index >= 15 is 0 Å². The minimum atomic E-state index is 0.441. The van der Waals surface area contributed by atoms with Gasteiger partial charge in [-0.3, -0.25) is 4.98 Å². The Balaban J connectivity index is 1.12. The summed E-state index contributed by atoms with van der Waals surface area (Å²) in [6.45, 7) is 4.56. The van der Waals surface area contributed by atoms with Gasteiger partial charge >= 0.3 is 0 Å². The Morgan fingerprint density at radius 2 is 1.34 bits per heavy atom. The second kappa shape index (κ2) is 15.8. The van der Waals surface area contributed by atoms with Crippen molar-refractivity contribution in [2.45, 2.75) is 51.5 Å². The molecular formula is C54H48N2. The topological polar surface area (TPSA) is 16.1 Å². The molecule has 2 nitrogen and oxygen atoms in total. The van der Waals surface area contributed by atoms with Crippen molar-refractivity contribution in [3.05, 3.63) is 221 Å². The average Bonchev–Trinajstić information content (AvgIpc) is 3.83. The highest BCUT2D eigenvalue weighted by atomic mass is 15.2. The van der Waals surface area contributed by atoms with Crippen molar-refractivity contribution in [3.63, 3.8) is 0 Å². The van der Waals surface area contributed by atoms with E-state index in [1.807, 2.05) is 12.4 Å². The van der Waals surface area contributed by atoms with Gasteiger partial charge in [-0.15, -0.1) is 0 Å². The molecule has 0 amide bonds. The Labute approximate surface area is 332 Å². The number of benzene rings is 5. The molecule has 0 bridgehead atoms. The predicted molar refractivity (Wildman–Crippen MR) is 238 cm³/mol. The zero-order chi connectivity index (χ0) is 37.8. The highest BCUT2D eigenvalue weighted by molar-refractivity contribution is 5.94. The molecule has 5 aromatic carbocycles. The van der Waals surface area contributed by atoms with Gasteiger partial charge in [0.05, 0.1) is 0 Å². The number of allylic oxidation sites excluding steroid dienone is 7. The number of pyridine rings is 1. The molecule has 9 rings (SSSR count). The molecule has 1 fully saturated rings. The van der Waals surface area contributed by atoms with Gasteiger partial charge in [-0.05, 0) is 136 Å². The Kier molecular flexibility index (Phi) is 10.0. The highest BCUT2D eigenvalue weighted by Crippen LogP contribution is 2.56. The molecule has 3 unspecified atom stereocenters. The van der Waals surface area contributed by atoms with Gasteiger partial charge in [-0.1, -0.05) is 152 Å². The van der Waals surface area contributed by atoms with Gasteiger partial charge in [0.15, 0.2) is 0 Å². The van der Waals surface area contributed by atoms with Crippen molar-refractivity contribution >= 4 is 34.7 Å². The maximum absolute atomic E-state index is 4.40. The molecule has 0 N–H and O–H groups in total. The third-order valence-electron chi connectivity index (χ3n) is 11.7. The van der Waals surface area contributed by atoms with E-state index in [4.69, 9.17) is 0 Å². The quantitative estimate of drug-likeness (QED) is 0.109. The maximum Gasteiger partial charge on any atom is 0.0462 e. The van der Waals surface area contributed by atoms with Crippen LogP contribution < -0.4 is 4.90 Å². The molecule has 0 radical (unpaired) electrons. The van der Waals surface area contributed by atoms with Crippen LogP contribution in [0, 0.1) is 5.92 Å². The van der Waals surface area contributed by atoms with Crippen LogP contribution in [-0.2, 0) is 0 Å². The van der Waals surface area contributed by atoms with E-state index in [0.29, 0.717) is 17.9 Å². The summed E-state index contributed by atoms with van der Waals surface area (Å²) in [5.41, 5.74) is 18.1. The van der Waals surface area contributed by atoms with Crippen LogP contribution in [0.15, 0.2) is 187 Å². The fourth-order valence-corrected chi connectivity index (χ4v) is 9.36. The largest absolute Gasteiger partial charge is 0.337 e. The van der Waals surface area contributed by atoms with Crippen LogP contribution >= 0.6 is 0 Å². The first-order valence-electron chi connectivity index (χ1n) is 20.2. The van der Waals surface area contributed by atoms with Crippen LogP contribution in [0.2, 0.25) is 0 Å². The van der Waals surface area contributed by atoms with Crippen LogP contribution in [0.3, 0.4) is 0 Å². The number of nitrogens with zero attached hydrogens (tertiary/aromatic N) is 2. The van der Waals surface area contributed by atoms with E-state index in [9.17, 15) is 0 Å². The van der Waals surface area contributed by atoms with E-state index in [0.717, 1.165) is 6.42 Å². The van der Waals surface area contributed by atoms with Crippen molar-refractivity contribution in [2.75, 3.05) is 4.90 Å². The summed E-state index contributed by atoms with van der Waals surface area (Å²) in [6.07, 6.45) is 22.4. The molecule has 1 aliphatic heterocycles. The second-order valence-corrected chi connectivity index (χ2v) is 15.7. The SMILES string of the molecule is CC1=CC(C)CC(/C(=C\c2cc(-c3ccncc3)c3c(c2)N(c2ccc(/C=C/C=C(c4ccccc4)c4ccccc4)cc2)C2CCCC32)c2ccccc2)=C1. The summed E-state index contributed by atoms with van der Waals surface area (Å²) in [7, 11) is 0. The number of hydrogen-bond donors (Lipinski definition) is 0. The molecular weight excluding hydrogens is 677 g/mol. The number of hydrogen-bond acceptors (Lipinski definition) is 2. The van der Waals surface area contributed by atoms with Crippen LogP contribution in [0.5, 0.6) is 0 Å². The summed E-state index contributed by atoms with van der Waals surface area (Å²) < 4.78 is 0. The first kappa shape index (κ1) is 35.5. The Morgan fingerprint density at radius 3 is 1.98 bits per heavy atom. The van der Waals surface area contributed by atoms with Gasteiger partial charge in [-0.25, -0.2) is 0 Å². The molecule has 2 heterocycles. The lowest BCUT2D eigenvalue weighted by atomic mass is 9.84. The molecule has 1 saturated carbocycles. The number of rotatable bonds is 9. The molecule has 3 aliphatic rings. The maximum atomic E-state index is 4.40. The van der Waals surface area contributed by atoms with Crippen LogP contribution in [0.4, 0.5) is 11.4 Å². The summed E-state index contributed by atoms with van der Waals surface area (Å²) in [5, 5.41) is 0.